The zero-order chi connectivity index (χ0) is 16.7. The van der Waals surface area contributed by atoms with Gasteiger partial charge in [0.05, 0.1) is 11.3 Å². The van der Waals surface area contributed by atoms with E-state index in [1.165, 1.54) is 12.4 Å². The van der Waals surface area contributed by atoms with Crippen molar-refractivity contribution in [1.82, 2.24) is 9.97 Å². The monoisotopic (exact) mass is 320 g/mol. The van der Waals surface area contributed by atoms with Crippen LogP contribution in [0.1, 0.15) is 36.5 Å². The summed E-state index contributed by atoms with van der Waals surface area (Å²) in [6.45, 7) is 2.88. The van der Waals surface area contributed by atoms with Crippen molar-refractivity contribution in [3.8, 4) is 0 Å². The number of nitrogens with one attached hydrogen (secondary N) is 2. The summed E-state index contributed by atoms with van der Waals surface area (Å²) in [5, 5.41) is 5.41. The topological polar surface area (TPSA) is 66.9 Å². The second-order valence-electron chi connectivity index (χ2n) is 5.01. The van der Waals surface area contributed by atoms with Crippen molar-refractivity contribution in [3.63, 3.8) is 0 Å². The van der Waals surface area contributed by atoms with Crippen LogP contribution in [-0.4, -0.2) is 22.4 Å². The molecule has 7 heteroatoms. The van der Waals surface area contributed by atoms with Crippen LogP contribution in [0.4, 0.5) is 20.4 Å². The number of nitrogens with zero attached hydrogens (tertiary/aromatic N) is 2. The van der Waals surface area contributed by atoms with Gasteiger partial charge in [-0.3, -0.25) is 4.79 Å². The zero-order valence-corrected chi connectivity index (χ0v) is 12.8. The Bertz CT molecular complexity index is 662. The van der Waals surface area contributed by atoms with Crippen LogP contribution in [-0.2, 0) is 0 Å². The molecular weight excluding hydrogens is 302 g/mol. The molecule has 1 amide bonds. The first kappa shape index (κ1) is 16.8. The number of unbranched alkanes of at least 4 members (excludes halogenated alkanes) is 2. The first-order valence-electron chi connectivity index (χ1n) is 7.42. The third-order valence-corrected chi connectivity index (χ3v) is 3.16. The van der Waals surface area contributed by atoms with Crippen molar-refractivity contribution in [1.29, 1.82) is 0 Å². The highest BCUT2D eigenvalue weighted by Gasteiger charge is 2.11. The number of carbonyl (C=O) groups excluding carboxylic acids is 1. The lowest BCUT2D eigenvalue weighted by atomic mass is 10.2. The molecule has 5 nitrogen and oxygen atoms in total. The molecule has 0 radical (unpaired) electrons. The minimum atomic E-state index is -0.839. The van der Waals surface area contributed by atoms with Crippen LogP contribution >= 0.6 is 0 Å². The molecule has 0 spiro atoms. The van der Waals surface area contributed by atoms with E-state index < -0.39 is 17.5 Å². The van der Waals surface area contributed by atoms with Gasteiger partial charge in [-0.2, -0.15) is 0 Å². The maximum Gasteiger partial charge on any atom is 0.258 e. The van der Waals surface area contributed by atoms with Crippen molar-refractivity contribution >= 4 is 17.5 Å². The van der Waals surface area contributed by atoms with E-state index in [2.05, 4.69) is 27.5 Å². The van der Waals surface area contributed by atoms with Gasteiger partial charge < -0.3 is 10.6 Å². The number of rotatable bonds is 7. The molecule has 23 heavy (non-hydrogen) atoms. The van der Waals surface area contributed by atoms with Crippen LogP contribution in [0.15, 0.2) is 30.6 Å². The number of carbonyl (C=O) groups is 1. The summed E-state index contributed by atoms with van der Waals surface area (Å²) in [5.74, 6) is -1.67. The molecule has 1 aromatic carbocycles. The standard InChI is InChI=1S/C16H18F2N4O/c1-2-3-4-7-19-16-20-9-11(10-21-16)15(23)22-14-6-5-12(17)8-13(14)18/h5-6,8-10H,2-4,7H2,1H3,(H,22,23)(H,19,20,21). The minimum absolute atomic E-state index is 0.0989. The predicted molar refractivity (Wildman–Crippen MR) is 84.4 cm³/mol. The van der Waals surface area contributed by atoms with Gasteiger partial charge in [-0.1, -0.05) is 19.8 Å². The van der Waals surface area contributed by atoms with Crippen molar-refractivity contribution < 1.29 is 13.6 Å². The summed E-state index contributed by atoms with van der Waals surface area (Å²) < 4.78 is 26.3. The summed E-state index contributed by atoms with van der Waals surface area (Å²) >= 11 is 0. The molecule has 0 atom stereocenters. The van der Waals surface area contributed by atoms with Gasteiger partial charge in [0.2, 0.25) is 5.95 Å². The smallest absolute Gasteiger partial charge is 0.258 e. The number of hydrogen-bond acceptors (Lipinski definition) is 4. The Kier molecular flexibility index (Phi) is 5.96. The van der Waals surface area contributed by atoms with Crippen LogP contribution in [0.25, 0.3) is 0 Å². The molecule has 0 bridgehead atoms. The highest BCUT2D eigenvalue weighted by molar-refractivity contribution is 6.03. The lowest BCUT2D eigenvalue weighted by molar-refractivity contribution is 0.102. The van der Waals surface area contributed by atoms with Gasteiger partial charge in [0, 0.05) is 25.0 Å². The Balaban J connectivity index is 1.94. The Morgan fingerprint density at radius 2 is 1.91 bits per heavy atom. The van der Waals surface area contributed by atoms with Gasteiger partial charge in [0.1, 0.15) is 11.6 Å². The fraction of sp³-hybridized carbons (Fsp3) is 0.312. The Morgan fingerprint density at radius 1 is 1.17 bits per heavy atom. The molecule has 2 rings (SSSR count). The minimum Gasteiger partial charge on any atom is -0.354 e. The molecule has 122 valence electrons. The predicted octanol–water partition coefficient (Wildman–Crippen LogP) is 3.61. The van der Waals surface area contributed by atoms with Gasteiger partial charge in [-0.15, -0.1) is 0 Å². The first-order valence-corrected chi connectivity index (χ1v) is 7.42. The number of aromatic nitrogens is 2. The van der Waals surface area contributed by atoms with E-state index in [4.69, 9.17) is 0 Å². The lowest BCUT2D eigenvalue weighted by Gasteiger charge is -2.07. The molecule has 0 fully saturated rings. The molecule has 2 aromatic rings. The van der Waals surface area contributed by atoms with E-state index in [1.807, 2.05) is 0 Å². The number of hydrogen-bond donors (Lipinski definition) is 2. The maximum atomic E-state index is 13.5. The highest BCUT2D eigenvalue weighted by atomic mass is 19.1. The van der Waals surface area contributed by atoms with Crippen LogP contribution < -0.4 is 10.6 Å². The van der Waals surface area contributed by atoms with Gasteiger partial charge >= 0.3 is 0 Å². The van der Waals surface area contributed by atoms with E-state index in [1.54, 1.807) is 0 Å². The number of anilines is 2. The van der Waals surface area contributed by atoms with Crippen LogP contribution in [0.5, 0.6) is 0 Å². The van der Waals surface area contributed by atoms with Crippen molar-refractivity contribution in [3.05, 3.63) is 47.8 Å². The molecular formula is C16H18F2N4O. The maximum absolute atomic E-state index is 13.5. The average molecular weight is 320 g/mol. The van der Waals surface area contributed by atoms with Crippen molar-refractivity contribution in [2.45, 2.75) is 26.2 Å². The third kappa shape index (κ3) is 4.98. The second kappa shape index (κ2) is 8.17. The molecule has 0 aliphatic rings. The van der Waals surface area contributed by atoms with Gasteiger partial charge in [-0.05, 0) is 18.6 Å². The number of amides is 1. The van der Waals surface area contributed by atoms with E-state index in [0.29, 0.717) is 12.0 Å². The summed E-state index contributed by atoms with van der Waals surface area (Å²) in [4.78, 5) is 20.1. The van der Waals surface area contributed by atoms with E-state index in [0.717, 1.165) is 37.9 Å². The molecule has 0 aliphatic carbocycles. The average Bonchev–Trinajstić information content (AvgIpc) is 2.55. The molecule has 0 unspecified atom stereocenters. The lowest BCUT2D eigenvalue weighted by Crippen LogP contribution is -2.14. The fourth-order valence-corrected chi connectivity index (χ4v) is 1.90. The van der Waals surface area contributed by atoms with Gasteiger partial charge in [0.25, 0.3) is 5.91 Å². The van der Waals surface area contributed by atoms with Crippen molar-refractivity contribution in [2.75, 3.05) is 17.2 Å². The van der Waals surface area contributed by atoms with Gasteiger partial charge in [-0.25, -0.2) is 18.7 Å². The van der Waals surface area contributed by atoms with E-state index in [9.17, 15) is 13.6 Å². The number of benzene rings is 1. The van der Waals surface area contributed by atoms with E-state index in [-0.39, 0.29) is 11.3 Å². The zero-order valence-electron chi connectivity index (χ0n) is 12.8. The fourth-order valence-electron chi connectivity index (χ4n) is 1.90. The summed E-state index contributed by atoms with van der Waals surface area (Å²) in [6.07, 6.45) is 5.97. The molecule has 0 aliphatic heterocycles. The molecule has 1 aromatic heterocycles. The Hall–Kier alpha value is -2.57. The van der Waals surface area contributed by atoms with Crippen LogP contribution in [0.2, 0.25) is 0 Å². The quantitative estimate of drug-likeness (QED) is 0.765. The molecule has 2 N–H and O–H groups in total. The summed E-state index contributed by atoms with van der Waals surface area (Å²) in [7, 11) is 0. The summed E-state index contributed by atoms with van der Waals surface area (Å²) in [5.41, 5.74) is 0.0889. The number of halogens is 2. The van der Waals surface area contributed by atoms with E-state index >= 15 is 0 Å². The molecule has 1 heterocycles. The van der Waals surface area contributed by atoms with Gasteiger partial charge in [0.15, 0.2) is 0 Å². The Labute approximate surface area is 133 Å². The molecule has 0 saturated carbocycles. The summed E-state index contributed by atoms with van der Waals surface area (Å²) in [6, 6.07) is 2.93. The second-order valence-corrected chi connectivity index (χ2v) is 5.01. The third-order valence-electron chi connectivity index (χ3n) is 3.16. The highest BCUT2D eigenvalue weighted by Crippen LogP contribution is 2.16. The SMILES string of the molecule is CCCCCNc1ncc(C(=O)Nc2ccc(F)cc2F)cn1. The first-order chi connectivity index (χ1) is 11.1. The largest absolute Gasteiger partial charge is 0.354 e. The normalized spacial score (nSPS) is 10.4. The van der Waals surface area contributed by atoms with Crippen molar-refractivity contribution in [2.24, 2.45) is 0 Å². The molecule has 0 saturated heterocycles. The van der Waals surface area contributed by atoms with Crippen LogP contribution in [0.3, 0.4) is 0 Å². The van der Waals surface area contributed by atoms with Crippen LogP contribution in [0, 0.1) is 11.6 Å². The Morgan fingerprint density at radius 3 is 2.57 bits per heavy atom.